The molecular weight excluding hydrogens is 230 g/mol. The molecule has 0 aliphatic carbocycles. The fourth-order valence-corrected chi connectivity index (χ4v) is 1.77. The van der Waals surface area contributed by atoms with E-state index in [0.717, 1.165) is 5.56 Å². The minimum absolute atomic E-state index is 0.131. The summed E-state index contributed by atoms with van der Waals surface area (Å²) in [7, 11) is 0. The molecule has 0 atom stereocenters. The normalized spacial score (nSPS) is 15.7. The first-order valence-corrected chi connectivity index (χ1v) is 5.83. The number of carbonyl (C=O) groups excluding carboxylic acids is 1. The van der Waals surface area contributed by atoms with Gasteiger partial charge in [0.25, 0.3) is 0 Å². The highest BCUT2D eigenvalue weighted by molar-refractivity contribution is 5.93. The molecule has 4 nitrogen and oxygen atoms in total. The van der Waals surface area contributed by atoms with Gasteiger partial charge in [0.05, 0.1) is 5.92 Å². The summed E-state index contributed by atoms with van der Waals surface area (Å²) in [6, 6.07) is 7.84. The summed E-state index contributed by atoms with van der Waals surface area (Å²) < 4.78 is 0. The standard InChI is InChI=1S/C14H15NO3/c1-10-2-4-11(5-3-10)6-7-13(16)15-8-12(9-15)14(17)18/h2-7,12H,8-9H2,1H3,(H,17,18). The maximum absolute atomic E-state index is 11.7. The van der Waals surface area contributed by atoms with E-state index in [1.807, 2.05) is 31.2 Å². The van der Waals surface area contributed by atoms with Gasteiger partial charge >= 0.3 is 5.97 Å². The molecule has 94 valence electrons. The molecule has 0 bridgehead atoms. The predicted octanol–water partition coefficient (Wildman–Crippen LogP) is 1.55. The SMILES string of the molecule is Cc1ccc(C=CC(=O)N2CC(C(=O)O)C2)cc1. The number of hydrogen-bond donors (Lipinski definition) is 1. The predicted molar refractivity (Wildman–Crippen MR) is 67.9 cm³/mol. The van der Waals surface area contributed by atoms with Crippen molar-refractivity contribution < 1.29 is 14.7 Å². The van der Waals surface area contributed by atoms with Crippen LogP contribution in [0, 0.1) is 12.8 Å². The number of likely N-dealkylation sites (tertiary alicyclic amines) is 1. The minimum Gasteiger partial charge on any atom is -0.481 e. The van der Waals surface area contributed by atoms with Crippen LogP contribution in [0.5, 0.6) is 0 Å². The van der Waals surface area contributed by atoms with Crippen LogP contribution in [0.25, 0.3) is 6.08 Å². The van der Waals surface area contributed by atoms with E-state index < -0.39 is 11.9 Å². The smallest absolute Gasteiger partial charge is 0.310 e. The van der Waals surface area contributed by atoms with Crippen molar-refractivity contribution in [2.24, 2.45) is 5.92 Å². The van der Waals surface area contributed by atoms with Crippen LogP contribution in [0.3, 0.4) is 0 Å². The lowest BCUT2D eigenvalue weighted by molar-refractivity contribution is -0.151. The summed E-state index contributed by atoms with van der Waals surface area (Å²) in [6.07, 6.45) is 3.23. The molecule has 1 heterocycles. The molecule has 1 aliphatic rings. The van der Waals surface area contributed by atoms with E-state index in [1.165, 1.54) is 16.5 Å². The van der Waals surface area contributed by atoms with Crippen LogP contribution in [0.1, 0.15) is 11.1 Å². The fourth-order valence-electron chi connectivity index (χ4n) is 1.77. The van der Waals surface area contributed by atoms with Crippen LogP contribution >= 0.6 is 0 Å². The van der Waals surface area contributed by atoms with Crippen molar-refractivity contribution in [1.82, 2.24) is 4.90 Å². The van der Waals surface area contributed by atoms with Gasteiger partial charge in [0.15, 0.2) is 0 Å². The minimum atomic E-state index is -0.832. The number of carbonyl (C=O) groups is 2. The van der Waals surface area contributed by atoms with Crippen molar-refractivity contribution in [2.45, 2.75) is 6.92 Å². The van der Waals surface area contributed by atoms with Gasteiger partial charge in [-0.2, -0.15) is 0 Å². The number of nitrogens with zero attached hydrogens (tertiary/aromatic N) is 1. The Bertz CT molecular complexity index is 484. The Morgan fingerprint density at radius 3 is 2.44 bits per heavy atom. The Morgan fingerprint density at radius 2 is 1.89 bits per heavy atom. The van der Waals surface area contributed by atoms with Crippen molar-refractivity contribution in [3.63, 3.8) is 0 Å². The average Bonchev–Trinajstić information content (AvgIpc) is 2.25. The summed E-state index contributed by atoms with van der Waals surface area (Å²) in [4.78, 5) is 23.8. The number of carboxylic acid groups (broad SMARTS) is 1. The maximum atomic E-state index is 11.7. The van der Waals surface area contributed by atoms with Crippen molar-refractivity contribution in [3.8, 4) is 0 Å². The molecule has 1 aromatic carbocycles. The lowest BCUT2D eigenvalue weighted by Crippen LogP contribution is -2.52. The van der Waals surface area contributed by atoms with E-state index in [1.54, 1.807) is 6.08 Å². The number of aliphatic carboxylic acids is 1. The topological polar surface area (TPSA) is 57.6 Å². The molecular formula is C14H15NO3. The number of aryl methyl sites for hydroxylation is 1. The van der Waals surface area contributed by atoms with Gasteiger partial charge in [-0.15, -0.1) is 0 Å². The van der Waals surface area contributed by atoms with E-state index in [2.05, 4.69) is 0 Å². The molecule has 1 N–H and O–H groups in total. The third-order valence-corrected chi connectivity index (χ3v) is 3.04. The highest BCUT2D eigenvalue weighted by atomic mass is 16.4. The summed E-state index contributed by atoms with van der Waals surface area (Å²) >= 11 is 0. The molecule has 1 aliphatic heterocycles. The van der Waals surface area contributed by atoms with Crippen molar-refractivity contribution >= 4 is 18.0 Å². The maximum Gasteiger partial charge on any atom is 0.310 e. The van der Waals surface area contributed by atoms with Crippen LogP contribution in [0.2, 0.25) is 0 Å². The van der Waals surface area contributed by atoms with Crippen molar-refractivity contribution in [3.05, 3.63) is 41.5 Å². The van der Waals surface area contributed by atoms with E-state index in [9.17, 15) is 9.59 Å². The number of hydrogen-bond acceptors (Lipinski definition) is 2. The second-order valence-corrected chi connectivity index (χ2v) is 4.52. The first-order chi connectivity index (χ1) is 8.56. The Hall–Kier alpha value is -2.10. The summed E-state index contributed by atoms with van der Waals surface area (Å²) in [6.45, 7) is 2.63. The monoisotopic (exact) mass is 245 g/mol. The van der Waals surface area contributed by atoms with Gasteiger partial charge in [0.1, 0.15) is 0 Å². The first kappa shape index (κ1) is 12.4. The van der Waals surface area contributed by atoms with Crippen LogP contribution < -0.4 is 0 Å². The fraction of sp³-hybridized carbons (Fsp3) is 0.286. The van der Waals surface area contributed by atoms with E-state index >= 15 is 0 Å². The van der Waals surface area contributed by atoms with Gasteiger partial charge in [-0.1, -0.05) is 29.8 Å². The lowest BCUT2D eigenvalue weighted by atomic mass is 10.0. The van der Waals surface area contributed by atoms with Gasteiger partial charge in [-0.25, -0.2) is 0 Å². The quantitative estimate of drug-likeness (QED) is 0.822. The Kier molecular flexibility index (Phi) is 3.46. The molecule has 0 spiro atoms. The number of benzene rings is 1. The zero-order valence-electron chi connectivity index (χ0n) is 10.2. The lowest BCUT2D eigenvalue weighted by Gasteiger charge is -2.35. The van der Waals surface area contributed by atoms with Gasteiger partial charge in [0.2, 0.25) is 5.91 Å². The van der Waals surface area contributed by atoms with Crippen molar-refractivity contribution in [1.29, 1.82) is 0 Å². The molecule has 2 rings (SSSR count). The Balaban J connectivity index is 1.89. The molecule has 1 fully saturated rings. The van der Waals surface area contributed by atoms with Gasteiger partial charge in [-0.05, 0) is 18.6 Å². The molecule has 0 radical (unpaired) electrons. The Labute approximate surface area is 106 Å². The summed E-state index contributed by atoms with van der Waals surface area (Å²) in [5.41, 5.74) is 2.13. The molecule has 1 aromatic rings. The third-order valence-electron chi connectivity index (χ3n) is 3.04. The molecule has 0 unspecified atom stereocenters. The number of carboxylic acids is 1. The second-order valence-electron chi connectivity index (χ2n) is 4.52. The average molecular weight is 245 g/mol. The van der Waals surface area contributed by atoms with Gasteiger partial charge in [0, 0.05) is 19.2 Å². The van der Waals surface area contributed by atoms with E-state index in [4.69, 9.17) is 5.11 Å². The molecule has 0 aromatic heterocycles. The van der Waals surface area contributed by atoms with Crippen molar-refractivity contribution in [2.75, 3.05) is 13.1 Å². The van der Waals surface area contributed by atoms with Gasteiger partial charge < -0.3 is 10.0 Å². The highest BCUT2D eigenvalue weighted by Crippen LogP contribution is 2.16. The van der Waals surface area contributed by atoms with Crippen LogP contribution in [0.4, 0.5) is 0 Å². The first-order valence-electron chi connectivity index (χ1n) is 5.83. The highest BCUT2D eigenvalue weighted by Gasteiger charge is 2.34. The summed E-state index contributed by atoms with van der Waals surface area (Å²) in [5, 5.41) is 8.71. The van der Waals surface area contributed by atoms with E-state index in [0.29, 0.717) is 13.1 Å². The largest absolute Gasteiger partial charge is 0.481 e. The number of rotatable bonds is 3. The summed E-state index contributed by atoms with van der Waals surface area (Å²) in [5.74, 6) is -1.36. The molecule has 0 saturated carbocycles. The van der Waals surface area contributed by atoms with Crippen LogP contribution in [-0.2, 0) is 9.59 Å². The van der Waals surface area contributed by atoms with Gasteiger partial charge in [-0.3, -0.25) is 9.59 Å². The molecule has 1 amide bonds. The Morgan fingerprint density at radius 1 is 1.28 bits per heavy atom. The molecule has 4 heteroatoms. The zero-order chi connectivity index (χ0) is 13.1. The molecule has 18 heavy (non-hydrogen) atoms. The number of amides is 1. The van der Waals surface area contributed by atoms with Crippen LogP contribution in [0.15, 0.2) is 30.3 Å². The zero-order valence-corrected chi connectivity index (χ0v) is 10.2. The molecule has 1 saturated heterocycles. The van der Waals surface area contributed by atoms with Crippen LogP contribution in [-0.4, -0.2) is 35.0 Å². The van der Waals surface area contributed by atoms with E-state index in [-0.39, 0.29) is 5.91 Å². The third kappa shape index (κ3) is 2.77. The second kappa shape index (κ2) is 5.04.